The van der Waals surface area contributed by atoms with Crippen LogP contribution in [0.3, 0.4) is 0 Å². The molecule has 0 bridgehead atoms. The molecule has 1 aromatic carbocycles. The van der Waals surface area contributed by atoms with Gasteiger partial charge in [0.1, 0.15) is 17.5 Å². The Morgan fingerprint density at radius 1 is 1.43 bits per heavy atom. The van der Waals surface area contributed by atoms with Gasteiger partial charge in [-0.25, -0.2) is 4.98 Å². The van der Waals surface area contributed by atoms with Crippen molar-refractivity contribution in [2.24, 2.45) is 0 Å². The van der Waals surface area contributed by atoms with Gasteiger partial charge < -0.3 is 10.6 Å². The molecule has 0 radical (unpaired) electrons. The Kier molecular flexibility index (Phi) is 5.21. The van der Waals surface area contributed by atoms with Gasteiger partial charge in [0.25, 0.3) is 5.56 Å². The third kappa shape index (κ3) is 3.80. The lowest BCUT2D eigenvalue weighted by molar-refractivity contribution is 1.03. The van der Waals surface area contributed by atoms with Crippen molar-refractivity contribution in [2.45, 2.75) is 6.54 Å². The van der Waals surface area contributed by atoms with Gasteiger partial charge in [0.05, 0.1) is 10.0 Å². The number of hydrogen-bond acceptors (Lipinski definition) is 6. The molecular formula is C14H12Cl2N6O. The van der Waals surface area contributed by atoms with Gasteiger partial charge in [-0.2, -0.15) is 5.26 Å². The van der Waals surface area contributed by atoms with Gasteiger partial charge in [-0.1, -0.05) is 29.3 Å². The molecule has 9 heteroatoms. The maximum atomic E-state index is 12.0. The summed E-state index contributed by atoms with van der Waals surface area (Å²) in [7, 11) is 1.52. The fourth-order valence-electron chi connectivity index (χ4n) is 1.86. The first-order valence-electron chi connectivity index (χ1n) is 6.45. The van der Waals surface area contributed by atoms with E-state index in [9.17, 15) is 4.79 Å². The molecule has 0 saturated carbocycles. The highest BCUT2D eigenvalue weighted by atomic mass is 35.5. The fraction of sp³-hybridized carbons (Fsp3) is 0.143. The van der Waals surface area contributed by atoms with Gasteiger partial charge in [0, 0.05) is 13.6 Å². The second-order valence-corrected chi connectivity index (χ2v) is 5.29. The molecule has 0 aliphatic rings. The van der Waals surface area contributed by atoms with Crippen molar-refractivity contribution < 1.29 is 0 Å². The van der Waals surface area contributed by atoms with Crippen molar-refractivity contribution in [3.8, 4) is 6.07 Å². The van der Waals surface area contributed by atoms with E-state index in [1.54, 1.807) is 24.3 Å². The Bertz CT molecular complexity index is 855. The monoisotopic (exact) mass is 350 g/mol. The number of nitriles is 1. The zero-order valence-electron chi connectivity index (χ0n) is 12.0. The van der Waals surface area contributed by atoms with Crippen LogP contribution in [0.5, 0.6) is 0 Å². The largest absolute Gasteiger partial charge is 0.382 e. The molecule has 0 unspecified atom stereocenters. The van der Waals surface area contributed by atoms with Crippen LogP contribution in [0, 0.1) is 16.7 Å². The Balaban J connectivity index is 2.28. The molecule has 23 heavy (non-hydrogen) atoms. The molecule has 0 spiro atoms. The maximum Gasteiger partial charge on any atom is 0.276 e. The zero-order chi connectivity index (χ0) is 17.0. The van der Waals surface area contributed by atoms with Crippen molar-refractivity contribution >= 4 is 40.5 Å². The van der Waals surface area contributed by atoms with Crippen LogP contribution < -0.4 is 16.2 Å². The number of anilines is 2. The van der Waals surface area contributed by atoms with Crippen molar-refractivity contribution in [1.29, 1.82) is 10.7 Å². The van der Waals surface area contributed by atoms with Crippen LogP contribution in [0.25, 0.3) is 0 Å². The minimum atomic E-state index is -0.478. The van der Waals surface area contributed by atoms with Crippen molar-refractivity contribution in [3.05, 3.63) is 49.9 Å². The second-order valence-electron chi connectivity index (χ2n) is 4.48. The number of aromatic nitrogens is 2. The standard InChI is InChI=1S/C14H12Cl2N6O/c1-19-12-11(10(18)5-17)21-14(22-13(12)23)20-6-7-2-3-8(15)9(16)4-7/h2-4,18-19H,6H2,1H3,(H2,20,21,22,23). The number of aromatic amines is 1. The summed E-state index contributed by atoms with van der Waals surface area (Å²) in [6, 6.07) is 6.80. The van der Waals surface area contributed by atoms with Gasteiger partial charge >= 0.3 is 0 Å². The lowest BCUT2D eigenvalue weighted by Crippen LogP contribution is -2.21. The molecule has 2 rings (SSSR count). The van der Waals surface area contributed by atoms with Crippen molar-refractivity contribution in [1.82, 2.24) is 9.97 Å². The fourth-order valence-corrected chi connectivity index (χ4v) is 2.18. The van der Waals surface area contributed by atoms with Crippen molar-refractivity contribution in [3.63, 3.8) is 0 Å². The van der Waals surface area contributed by atoms with Gasteiger partial charge in [-0.15, -0.1) is 0 Å². The molecule has 0 saturated heterocycles. The Morgan fingerprint density at radius 2 is 2.17 bits per heavy atom. The molecule has 0 amide bonds. The van der Waals surface area contributed by atoms with Gasteiger partial charge in [0.15, 0.2) is 5.71 Å². The van der Waals surface area contributed by atoms with Crippen LogP contribution in [-0.4, -0.2) is 22.7 Å². The van der Waals surface area contributed by atoms with E-state index < -0.39 is 11.3 Å². The van der Waals surface area contributed by atoms with E-state index in [-0.39, 0.29) is 17.3 Å². The van der Waals surface area contributed by atoms with Crippen LogP contribution in [0.15, 0.2) is 23.0 Å². The second kappa shape index (κ2) is 7.13. The van der Waals surface area contributed by atoms with Gasteiger partial charge in [-0.05, 0) is 17.7 Å². The first kappa shape index (κ1) is 16.8. The topological polar surface area (TPSA) is 117 Å². The van der Waals surface area contributed by atoms with E-state index in [0.29, 0.717) is 16.6 Å². The van der Waals surface area contributed by atoms with E-state index in [2.05, 4.69) is 20.6 Å². The summed E-state index contributed by atoms with van der Waals surface area (Å²) in [6.45, 7) is 0.331. The summed E-state index contributed by atoms with van der Waals surface area (Å²) >= 11 is 11.8. The van der Waals surface area contributed by atoms with E-state index in [4.69, 9.17) is 33.9 Å². The van der Waals surface area contributed by atoms with Crippen LogP contribution in [-0.2, 0) is 6.54 Å². The summed E-state index contributed by atoms with van der Waals surface area (Å²) in [5.74, 6) is 0.148. The smallest absolute Gasteiger partial charge is 0.276 e. The zero-order valence-corrected chi connectivity index (χ0v) is 13.5. The molecule has 0 aliphatic carbocycles. The molecule has 2 aromatic rings. The lowest BCUT2D eigenvalue weighted by atomic mass is 10.2. The number of nitrogens with zero attached hydrogens (tertiary/aromatic N) is 2. The molecule has 118 valence electrons. The number of hydrogen-bond donors (Lipinski definition) is 4. The SMILES string of the molecule is CNc1c(C(=N)C#N)nc(NCc2ccc(Cl)c(Cl)c2)[nH]c1=O. The highest BCUT2D eigenvalue weighted by Gasteiger charge is 2.14. The Labute approximate surface area is 141 Å². The van der Waals surface area contributed by atoms with E-state index in [1.807, 2.05) is 0 Å². The van der Waals surface area contributed by atoms with E-state index in [0.717, 1.165) is 5.56 Å². The van der Waals surface area contributed by atoms with Crippen molar-refractivity contribution in [2.75, 3.05) is 17.7 Å². The molecule has 1 heterocycles. The normalized spacial score (nSPS) is 10.0. The summed E-state index contributed by atoms with van der Waals surface area (Å²) < 4.78 is 0. The lowest BCUT2D eigenvalue weighted by Gasteiger charge is -2.10. The summed E-state index contributed by atoms with van der Waals surface area (Å²) in [5, 5.41) is 22.9. The first-order valence-corrected chi connectivity index (χ1v) is 7.20. The molecule has 0 fully saturated rings. The number of benzene rings is 1. The van der Waals surface area contributed by atoms with Crippen LogP contribution >= 0.6 is 23.2 Å². The first-order chi connectivity index (χ1) is 11.0. The molecule has 1 aromatic heterocycles. The minimum Gasteiger partial charge on any atom is -0.382 e. The molecule has 7 nitrogen and oxygen atoms in total. The number of nitrogens with one attached hydrogen (secondary N) is 4. The van der Waals surface area contributed by atoms with Gasteiger partial charge in [-0.3, -0.25) is 15.2 Å². The molecule has 0 atom stereocenters. The van der Waals surface area contributed by atoms with Gasteiger partial charge in [0.2, 0.25) is 5.95 Å². The number of halogens is 2. The Morgan fingerprint density at radius 3 is 2.78 bits per heavy atom. The summed E-state index contributed by atoms with van der Waals surface area (Å²) in [5.41, 5.74) is -0.00384. The van der Waals surface area contributed by atoms with Crippen LogP contribution in [0.2, 0.25) is 10.0 Å². The quantitative estimate of drug-likeness (QED) is 0.618. The van der Waals surface area contributed by atoms with E-state index in [1.165, 1.54) is 7.05 Å². The molecular weight excluding hydrogens is 339 g/mol. The molecule has 4 N–H and O–H groups in total. The average molecular weight is 351 g/mol. The predicted molar refractivity (Wildman–Crippen MR) is 90.6 cm³/mol. The molecule has 0 aliphatic heterocycles. The Hall–Kier alpha value is -2.56. The summed E-state index contributed by atoms with van der Waals surface area (Å²) in [6.07, 6.45) is 0. The number of rotatable bonds is 5. The van der Waals surface area contributed by atoms with Crippen LogP contribution in [0.1, 0.15) is 11.3 Å². The maximum absolute atomic E-state index is 12.0. The highest BCUT2D eigenvalue weighted by molar-refractivity contribution is 6.42. The highest BCUT2D eigenvalue weighted by Crippen LogP contribution is 2.22. The summed E-state index contributed by atoms with van der Waals surface area (Å²) in [4.78, 5) is 18.6. The minimum absolute atomic E-state index is 0.0182. The number of H-pyrrole nitrogens is 1. The predicted octanol–water partition coefficient (Wildman–Crippen LogP) is 2.62. The van der Waals surface area contributed by atoms with E-state index >= 15 is 0 Å². The third-order valence-electron chi connectivity index (χ3n) is 2.96. The third-order valence-corrected chi connectivity index (χ3v) is 3.70. The van der Waals surface area contributed by atoms with Crippen LogP contribution in [0.4, 0.5) is 11.6 Å². The average Bonchev–Trinajstić information content (AvgIpc) is 2.54.